The summed E-state index contributed by atoms with van der Waals surface area (Å²) in [4.78, 5) is 8.64. The third-order valence-electron chi connectivity index (χ3n) is 2.25. The minimum atomic E-state index is 0.798. The van der Waals surface area contributed by atoms with Gasteiger partial charge in [0.2, 0.25) is 5.16 Å². The van der Waals surface area contributed by atoms with Gasteiger partial charge in [0.25, 0.3) is 0 Å². The number of thioether (sulfide) groups is 1. The molecule has 0 bridgehead atoms. The first-order valence-electron chi connectivity index (χ1n) is 5.30. The van der Waals surface area contributed by atoms with Crippen molar-refractivity contribution in [1.82, 2.24) is 24.7 Å². The SMILES string of the molecule is CCCc1nc(SCc2nccn2C)n[nH]1. The van der Waals surface area contributed by atoms with Gasteiger partial charge in [0.15, 0.2) is 0 Å². The average molecular weight is 237 g/mol. The molecule has 2 rings (SSSR count). The van der Waals surface area contributed by atoms with Crippen molar-refractivity contribution in [2.24, 2.45) is 7.05 Å². The molecule has 0 spiro atoms. The van der Waals surface area contributed by atoms with Gasteiger partial charge >= 0.3 is 0 Å². The molecular weight excluding hydrogens is 222 g/mol. The zero-order valence-corrected chi connectivity index (χ0v) is 10.3. The Bertz CT molecular complexity index is 448. The first-order chi connectivity index (χ1) is 7.79. The Kier molecular flexibility index (Phi) is 3.61. The Balaban J connectivity index is 1.92. The highest BCUT2D eigenvalue weighted by atomic mass is 32.2. The number of aromatic nitrogens is 5. The lowest BCUT2D eigenvalue weighted by molar-refractivity contribution is 0.840. The Labute approximate surface area is 98.7 Å². The van der Waals surface area contributed by atoms with Crippen LogP contribution in [-0.2, 0) is 19.2 Å². The number of hydrogen-bond acceptors (Lipinski definition) is 4. The summed E-state index contributed by atoms with van der Waals surface area (Å²) in [7, 11) is 1.99. The standard InChI is InChI=1S/C10H15N5S/c1-3-4-8-12-10(14-13-8)16-7-9-11-5-6-15(9)2/h5-6H,3-4,7H2,1-2H3,(H,12,13,14). The fourth-order valence-electron chi connectivity index (χ4n) is 1.36. The van der Waals surface area contributed by atoms with E-state index in [1.54, 1.807) is 18.0 Å². The normalized spacial score (nSPS) is 10.9. The lowest BCUT2D eigenvalue weighted by Gasteiger charge is -1.97. The highest BCUT2D eigenvalue weighted by Crippen LogP contribution is 2.17. The summed E-state index contributed by atoms with van der Waals surface area (Å²) >= 11 is 1.60. The summed E-state index contributed by atoms with van der Waals surface area (Å²) in [6, 6.07) is 0. The zero-order valence-electron chi connectivity index (χ0n) is 9.47. The predicted molar refractivity (Wildman–Crippen MR) is 63.1 cm³/mol. The molecule has 2 heterocycles. The van der Waals surface area contributed by atoms with Gasteiger partial charge in [-0.05, 0) is 6.42 Å². The van der Waals surface area contributed by atoms with Crippen molar-refractivity contribution in [2.45, 2.75) is 30.7 Å². The molecule has 0 amide bonds. The van der Waals surface area contributed by atoms with E-state index < -0.39 is 0 Å². The largest absolute Gasteiger partial charge is 0.337 e. The number of H-pyrrole nitrogens is 1. The second-order valence-corrected chi connectivity index (χ2v) is 4.50. The van der Waals surface area contributed by atoms with Crippen LogP contribution in [0.2, 0.25) is 0 Å². The van der Waals surface area contributed by atoms with Crippen LogP contribution in [0.4, 0.5) is 0 Å². The number of nitrogens with zero attached hydrogens (tertiary/aromatic N) is 4. The highest BCUT2D eigenvalue weighted by molar-refractivity contribution is 7.98. The maximum atomic E-state index is 4.39. The average Bonchev–Trinajstić information content (AvgIpc) is 2.86. The van der Waals surface area contributed by atoms with Crippen molar-refractivity contribution in [3.8, 4) is 0 Å². The molecule has 86 valence electrons. The van der Waals surface area contributed by atoms with E-state index in [-0.39, 0.29) is 0 Å². The van der Waals surface area contributed by atoms with Gasteiger partial charge in [0, 0.05) is 25.9 Å². The third-order valence-corrected chi connectivity index (χ3v) is 3.09. The molecule has 0 fully saturated rings. The van der Waals surface area contributed by atoms with Crippen LogP contribution < -0.4 is 0 Å². The summed E-state index contributed by atoms with van der Waals surface area (Å²) in [6.45, 7) is 2.13. The quantitative estimate of drug-likeness (QED) is 0.805. The van der Waals surface area contributed by atoms with Crippen LogP contribution in [0, 0.1) is 0 Å². The number of imidazole rings is 1. The van der Waals surface area contributed by atoms with E-state index in [9.17, 15) is 0 Å². The highest BCUT2D eigenvalue weighted by Gasteiger charge is 2.05. The van der Waals surface area contributed by atoms with Gasteiger partial charge < -0.3 is 4.57 Å². The van der Waals surface area contributed by atoms with Crippen molar-refractivity contribution in [2.75, 3.05) is 0 Å². The van der Waals surface area contributed by atoms with Crippen molar-refractivity contribution < 1.29 is 0 Å². The van der Waals surface area contributed by atoms with Gasteiger partial charge in [-0.15, -0.1) is 5.10 Å². The Hall–Kier alpha value is -1.30. The van der Waals surface area contributed by atoms with E-state index in [0.717, 1.165) is 35.4 Å². The van der Waals surface area contributed by atoms with E-state index in [4.69, 9.17) is 0 Å². The summed E-state index contributed by atoms with van der Waals surface area (Å²) < 4.78 is 2.01. The third kappa shape index (κ3) is 2.63. The maximum absolute atomic E-state index is 4.39. The van der Waals surface area contributed by atoms with E-state index in [1.165, 1.54) is 0 Å². The molecular formula is C10H15N5S. The Morgan fingerprint density at radius 1 is 1.50 bits per heavy atom. The number of nitrogens with one attached hydrogen (secondary N) is 1. The monoisotopic (exact) mass is 237 g/mol. The van der Waals surface area contributed by atoms with Gasteiger partial charge in [-0.2, -0.15) is 0 Å². The lowest BCUT2D eigenvalue weighted by Crippen LogP contribution is -1.94. The van der Waals surface area contributed by atoms with Gasteiger partial charge in [-0.1, -0.05) is 18.7 Å². The lowest BCUT2D eigenvalue weighted by atomic mass is 10.3. The van der Waals surface area contributed by atoms with Crippen LogP contribution in [0.5, 0.6) is 0 Å². The molecule has 0 aliphatic carbocycles. The molecule has 5 nitrogen and oxygen atoms in total. The fraction of sp³-hybridized carbons (Fsp3) is 0.500. The number of rotatable bonds is 5. The minimum absolute atomic E-state index is 0.798. The molecule has 2 aromatic heterocycles. The van der Waals surface area contributed by atoms with Gasteiger partial charge in [0.1, 0.15) is 11.6 Å². The molecule has 0 aliphatic rings. The molecule has 1 N–H and O–H groups in total. The van der Waals surface area contributed by atoms with Crippen molar-refractivity contribution in [3.63, 3.8) is 0 Å². The summed E-state index contributed by atoms with van der Waals surface area (Å²) in [5.74, 6) is 2.80. The molecule has 0 radical (unpaired) electrons. The van der Waals surface area contributed by atoms with E-state index >= 15 is 0 Å². The molecule has 6 heteroatoms. The maximum Gasteiger partial charge on any atom is 0.208 e. The first-order valence-corrected chi connectivity index (χ1v) is 6.28. The molecule has 0 saturated carbocycles. The smallest absolute Gasteiger partial charge is 0.208 e. The predicted octanol–water partition coefficient (Wildman–Crippen LogP) is 1.78. The van der Waals surface area contributed by atoms with Crippen molar-refractivity contribution in [1.29, 1.82) is 0 Å². The molecule has 0 aliphatic heterocycles. The van der Waals surface area contributed by atoms with E-state index in [0.29, 0.717) is 0 Å². The number of aromatic amines is 1. The van der Waals surface area contributed by atoms with E-state index in [1.807, 2.05) is 17.8 Å². The van der Waals surface area contributed by atoms with Crippen LogP contribution >= 0.6 is 11.8 Å². The van der Waals surface area contributed by atoms with Gasteiger partial charge in [-0.25, -0.2) is 9.97 Å². The Morgan fingerprint density at radius 2 is 2.38 bits per heavy atom. The summed E-state index contributed by atoms with van der Waals surface area (Å²) in [5, 5.41) is 7.89. The molecule has 0 saturated heterocycles. The van der Waals surface area contributed by atoms with Crippen LogP contribution in [-0.4, -0.2) is 24.7 Å². The second-order valence-electron chi connectivity index (χ2n) is 3.56. The Morgan fingerprint density at radius 3 is 3.06 bits per heavy atom. The summed E-state index contributed by atoms with van der Waals surface area (Å²) in [6.07, 6.45) is 5.78. The summed E-state index contributed by atoms with van der Waals surface area (Å²) in [5.41, 5.74) is 0. The zero-order chi connectivity index (χ0) is 11.4. The van der Waals surface area contributed by atoms with Crippen LogP contribution in [0.3, 0.4) is 0 Å². The minimum Gasteiger partial charge on any atom is -0.337 e. The topological polar surface area (TPSA) is 59.4 Å². The molecule has 0 atom stereocenters. The number of hydrogen-bond donors (Lipinski definition) is 1. The van der Waals surface area contributed by atoms with Crippen molar-refractivity contribution >= 4 is 11.8 Å². The van der Waals surface area contributed by atoms with Gasteiger partial charge in [-0.3, -0.25) is 5.10 Å². The second kappa shape index (κ2) is 5.16. The molecule has 2 aromatic rings. The molecule has 0 unspecified atom stereocenters. The van der Waals surface area contributed by atoms with Gasteiger partial charge in [0.05, 0.1) is 5.75 Å². The molecule has 0 aromatic carbocycles. The van der Waals surface area contributed by atoms with Crippen molar-refractivity contribution in [3.05, 3.63) is 24.0 Å². The van der Waals surface area contributed by atoms with Crippen LogP contribution in [0.25, 0.3) is 0 Å². The van der Waals surface area contributed by atoms with Crippen LogP contribution in [0.15, 0.2) is 17.6 Å². The first kappa shape index (κ1) is 11.2. The van der Waals surface area contributed by atoms with Crippen LogP contribution in [0.1, 0.15) is 25.0 Å². The van der Waals surface area contributed by atoms with E-state index in [2.05, 4.69) is 27.1 Å². The fourth-order valence-corrected chi connectivity index (χ4v) is 2.18. The molecule has 16 heavy (non-hydrogen) atoms. The number of aryl methyl sites for hydroxylation is 2.